The second-order valence-corrected chi connectivity index (χ2v) is 7.44. The van der Waals surface area contributed by atoms with E-state index >= 15 is 0 Å². The van der Waals surface area contributed by atoms with Crippen molar-refractivity contribution in [3.8, 4) is 0 Å². The molecule has 0 fully saturated rings. The van der Waals surface area contributed by atoms with Gasteiger partial charge in [-0.25, -0.2) is 0 Å². The molecule has 1 amide bonds. The molecule has 0 saturated heterocycles. The zero-order valence-electron chi connectivity index (χ0n) is 12.4. The fourth-order valence-corrected chi connectivity index (χ4v) is 4.22. The summed E-state index contributed by atoms with van der Waals surface area (Å²) >= 11 is 7.53. The molecule has 1 N–H and O–H groups in total. The number of fused-ring (bicyclic) bond motifs is 1. The molecular weight excluding hydrogens is 290 g/mol. The molecule has 4 heteroatoms. The monoisotopic (exact) mass is 313 g/mol. The molecule has 0 saturated carbocycles. The van der Waals surface area contributed by atoms with E-state index in [4.69, 9.17) is 11.6 Å². The molecule has 1 aliphatic rings. The number of halogens is 1. The van der Waals surface area contributed by atoms with Crippen LogP contribution in [0.4, 0.5) is 0 Å². The first-order valence-electron chi connectivity index (χ1n) is 7.58. The summed E-state index contributed by atoms with van der Waals surface area (Å²) < 4.78 is 0. The van der Waals surface area contributed by atoms with Crippen molar-refractivity contribution < 1.29 is 4.79 Å². The molecule has 1 unspecified atom stereocenters. The molecule has 0 bridgehead atoms. The molecule has 0 aliphatic heterocycles. The summed E-state index contributed by atoms with van der Waals surface area (Å²) in [6.45, 7) is 4.17. The van der Waals surface area contributed by atoms with E-state index in [1.807, 2.05) is 0 Å². The van der Waals surface area contributed by atoms with Gasteiger partial charge in [0.1, 0.15) is 0 Å². The van der Waals surface area contributed by atoms with Crippen LogP contribution in [0.1, 0.15) is 66.1 Å². The maximum atomic E-state index is 12.5. The zero-order chi connectivity index (χ0) is 14.6. The van der Waals surface area contributed by atoms with Gasteiger partial charge < -0.3 is 5.32 Å². The highest BCUT2D eigenvalue weighted by Gasteiger charge is 2.25. The predicted octanol–water partition coefficient (Wildman–Crippen LogP) is 4.54. The third-order valence-corrected chi connectivity index (χ3v) is 5.74. The van der Waals surface area contributed by atoms with Gasteiger partial charge >= 0.3 is 0 Å². The fraction of sp³-hybridized carbons (Fsp3) is 0.688. The highest BCUT2D eigenvalue weighted by Crippen LogP contribution is 2.29. The van der Waals surface area contributed by atoms with Gasteiger partial charge in [0, 0.05) is 16.3 Å². The van der Waals surface area contributed by atoms with E-state index in [-0.39, 0.29) is 11.4 Å². The van der Waals surface area contributed by atoms with Gasteiger partial charge in [-0.1, -0.05) is 13.3 Å². The van der Waals surface area contributed by atoms with Crippen LogP contribution in [0.15, 0.2) is 6.07 Å². The van der Waals surface area contributed by atoms with Gasteiger partial charge in [-0.15, -0.1) is 22.9 Å². The number of carbonyl (C=O) groups excluding carboxylic acids is 1. The van der Waals surface area contributed by atoms with Gasteiger partial charge in [0.15, 0.2) is 0 Å². The Morgan fingerprint density at radius 1 is 1.40 bits per heavy atom. The molecule has 1 atom stereocenters. The molecule has 1 aliphatic carbocycles. The summed E-state index contributed by atoms with van der Waals surface area (Å²) in [5.41, 5.74) is 1.20. The molecule has 112 valence electrons. The third kappa shape index (κ3) is 3.76. The van der Waals surface area contributed by atoms with Crippen LogP contribution >= 0.6 is 22.9 Å². The van der Waals surface area contributed by atoms with Crippen LogP contribution < -0.4 is 5.32 Å². The number of alkyl halides is 1. The second kappa shape index (κ2) is 6.95. The number of hydrogen-bond acceptors (Lipinski definition) is 2. The fourth-order valence-electron chi connectivity index (χ4n) is 2.65. The Bertz CT molecular complexity index is 448. The number of thiophene rings is 1. The van der Waals surface area contributed by atoms with Crippen LogP contribution in [0.5, 0.6) is 0 Å². The van der Waals surface area contributed by atoms with Gasteiger partial charge in [-0.3, -0.25) is 4.79 Å². The van der Waals surface area contributed by atoms with Gasteiger partial charge in [0.25, 0.3) is 5.91 Å². The smallest absolute Gasteiger partial charge is 0.261 e. The normalized spacial score (nSPS) is 17.9. The first-order chi connectivity index (χ1) is 9.58. The number of nitrogens with one attached hydrogen (secondary N) is 1. The van der Waals surface area contributed by atoms with Crippen LogP contribution in [0, 0.1) is 0 Å². The Kier molecular flexibility index (Phi) is 5.50. The van der Waals surface area contributed by atoms with Crippen molar-refractivity contribution in [3.63, 3.8) is 0 Å². The van der Waals surface area contributed by atoms with Gasteiger partial charge in [0.05, 0.1) is 4.88 Å². The van der Waals surface area contributed by atoms with Gasteiger partial charge in [0.2, 0.25) is 0 Å². The summed E-state index contributed by atoms with van der Waals surface area (Å²) in [7, 11) is 0. The maximum absolute atomic E-state index is 12.5. The Morgan fingerprint density at radius 3 is 2.85 bits per heavy atom. The standard InChI is InChI=1S/C16H24ClNOS/c1-3-16(2,9-10-17)18-15(19)14-11-12-7-5-4-6-8-13(12)20-14/h11H,3-10H2,1-2H3,(H,18,19). The van der Waals surface area contributed by atoms with Crippen LogP contribution in [0.3, 0.4) is 0 Å². The van der Waals surface area contributed by atoms with Crippen molar-refractivity contribution in [1.29, 1.82) is 0 Å². The van der Waals surface area contributed by atoms with Crippen molar-refractivity contribution >= 4 is 28.8 Å². The van der Waals surface area contributed by atoms with Crippen LogP contribution in [0.25, 0.3) is 0 Å². The Morgan fingerprint density at radius 2 is 2.15 bits per heavy atom. The average molecular weight is 314 g/mol. The first kappa shape index (κ1) is 15.8. The highest BCUT2D eigenvalue weighted by molar-refractivity contribution is 7.14. The van der Waals surface area contributed by atoms with Gasteiger partial charge in [-0.2, -0.15) is 0 Å². The zero-order valence-corrected chi connectivity index (χ0v) is 14.0. The number of amides is 1. The van der Waals surface area contributed by atoms with Crippen LogP contribution in [-0.4, -0.2) is 17.3 Å². The lowest BCUT2D eigenvalue weighted by Gasteiger charge is -2.28. The lowest BCUT2D eigenvalue weighted by atomic mass is 9.95. The Labute approximate surface area is 130 Å². The lowest BCUT2D eigenvalue weighted by molar-refractivity contribution is 0.0905. The molecule has 0 spiro atoms. The molecule has 20 heavy (non-hydrogen) atoms. The first-order valence-corrected chi connectivity index (χ1v) is 8.93. The van der Waals surface area contributed by atoms with E-state index in [9.17, 15) is 4.79 Å². The maximum Gasteiger partial charge on any atom is 0.261 e. The summed E-state index contributed by atoms with van der Waals surface area (Å²) in [6, 6.07) is 2.11. The van der Waals surface area contributed by atoms with Crippen molar-refractivity contribution in [2.75, 3.05) is 5.88 Å². The summed E-state index contributed by atoms with van der Waals surface area (Å²) in [4.78, 5) is 14.7. The molecule has 0 radical (unpaired) electrons. The van der Waals surface area contributed by atoms with E-state index in [0.29, 0.717) is 5.88 Å². The lowest BCUT2D eigenvalue weighted by Crippen LogP contribution is -2.45. The van der Waals surface area contributed by atoms with E-state index in [1.54, 1.807) is 11.3 Å². The summed E-state index contributed by atoms with van der Waals surface area (Å²) in [6.07, 6.45) is 7.80. The molecular formula is C16H24ClNOS. The SMILES string of the molecule is CCC(C)(CCCl)NC(=O)c1cc2c(s1)CCCCC2. The number of carbonyl (C=O) groups is 1. The topological polar surface area (TPSA) is 29.1 Å². The average Bonchev–Trinajstić information content (AvgIpc) is 2.71. The second-order valence-electron chi connectivity index (χ2n) is 5.93. The largest absolute Gasteiger partial charge is 0.346 e. The van der Waals surface area contributed by atoms with Gasteiger partial charge in [-0.05, 0) is 57.1 Å². The van der Waals surface area contributed by atoms with Crippen molar-refractivity contribution in [2.24, 2.45) is 0 Å². The Hall–Kier alpha value is -0.540. The van der Waals surface area contributed by atoms with Crippen molar-refractivity contribution in [1.82, 2.24) is 5.32 Å². The molecule has 2 rings (SSSR count). The third-order valence-electron chi connectivity index (χ3n) is 4.31. The van der Waals surface area contributed by atoms with E-state index in [2.05, 4.69) is 25.2 Å². The molecule has 1 heterocycles. The molecule has 1 aromatic rings. The van der Waals surface area contributed by atoms with Crippen LogP contribution in [0.2, 0.25) is 0 Å². The van der Waals surface area contributed by atoms with Crippen LogP contribution in [-0.2, 0) is 12.8 Å². The summed E-state index contributed by atoms with van der Waals surface area (Å²) in [5.74, 6) is 0.642. The Balaban J connectivity index is 2.09. The number of rotatable bonds is 5. The minimum absolute atomic E-state index is 0.0672. The quantitative estimate of drug-likeness (QED) is 0.627. The van der Waals surface area contributed by atoms with E-state index < -0.39 is 0 Å². The predicted molar refractivity (Wildman–Crippen MR) is 87.1 cm³/mol. The van der Waals surface area contributed by atoms with Crippen molar-refractivity contribution in [3.05, 3.63) is 21.4 Å². The number of aryl methyl sites for hydroxylation is 2. The molecule has 2 nitrogen and oxygen atoms in total. The minimum atomic E-state index is -0.194. The summed E-state index contributed by atoms with van der Waals surface area (Å²) in [5, 5.41) is 3.17. The van der Waals surface area contributed by atoms with E-state index in [1.165, 1.54) is 29.7 Å². The number of hydrogen-bond donors (Lipinski definition) is 1. The minimum Gasteiger partial charge on any atom is -0.346 e. The molecule has 1 aromatic heterocycles. The molecule has 0 aromatic carbocycles. The highest BCUT2D eigenvalue weighted by atomic mass is 35.5. The van der Waals surface area contributed by atoms with Crippen molar-refractivity contribution in [2.45, 2.75) is 64.3 Å². The van der Waals surface area contributed by atoms with E-state index in [0.717, 1.165) is 30.6 Å².